The van der Waals surface area contributed by atoms with Crippen molar-refractivity contribution in [3.63, 3.8) is 0 Å². The van der Waals surface area contributed by atoms with Gasteiger partial charge in [-0.1, -0.05) is 33.5 Å². The highest BCUT2D eigenvalue weighted by Crippen LogP contribution is 2.12. The Morgan fingerprint density at radius 3 is 2.38 bits per heavy atom. The molecule has 29 heavy (non-hydrogen) atoms. The molecule has 0 fully saturated rings. The zero-order chi connectivity index (χ0) is 22.4. The van der Waals surface area contributed by atoms with E-state index in [1.165, 1.54) is 0 Å². The third kappa shape index (κ3) is 9.89. The van der Waals surface area contributed by atoms with Crippen LogP contribution in [0, 0.1) is 5.92 Å². The first-order valence-electron chi connectivity index (χ1n) is 9.87. The van der Waals surface area contributed by atoms with Gasteiger partial charge < -0.3 is 19.2 Å². The molecule has 0 unspecified atom stereocenters. The van der Waals surface area contributed by atoms with E-state index in [-0.39, 0.29) is 18.5 Å². The van der Waals surface area contributed by atoms with Gasteiger partial charge in [0.2, 0.25) is 5.78 Å². The van der Waals surface area contributed by atoms with Crippen LogP contribution in [0.1, 0.15) is 51.7 Å². The third-order valence-electron chi connectivity index (χ3n) is 3.74. The maximum Gasteiger partial charge on any atom is 0.439 e. The molecular weight excluding hydrogens is 394 g/mol. The lowest BCUT2D eigenvalue weighted by Gasteiger charge is -2.23. The van der Waals surface area contributed by atoms with Crippen molar-refractivity contribution in [3.8, 4) is 0 Å². The van der Waals surface area contributed by atoms with E-state index < -0.39 is 37.3 Å². The van der Waals surface area contributed by atoms with Gasteiger partial charge in [0.15, 0.2) is 0 Å². The molecule has 0 spiro atoms. The summed E-state index contributed by atoms with van der Waals surface area (Å²) in [5.74, 6) is -1.60. The molecule has 10 heteroatoms. The summed E-state index contributed by atoms with van der Waals surface area (Å²) < 4.78 is 16.7. The van der Waals surface area contributed by atoms with E-state index in [4.69, 9.17) is 13.9 Å². The number of Topliss-reactive ketones (excluding diaryl/α,β-unsaturated/α-hetero) is 1. The van der Waals surface area contributed by atoms with Gasteiger partial charge in [-0.25, -0.2) is 9.59 Å². The first-order chi connectivity index (χ1) is 13.2. The predicted octanol–water partition coefficient (Wildman–Crippen LogP) is 3.27. The first kappa shape index (κ1) is 25.1. The van der Waals surface area contributed by atoms with Crippen molar-refractivity contribution in [2.45, 2.75) is 85.1 Å². The van der Waals surface area contributed by atoms with Crippen molar-refractivity contribution in [1.29, 1.82) is 0 Å². The van der Waals surface area contributed by atoms with E-state index in [9.17, 15) is 14.4 Å². The second-order valence-electron chi connectivity index (χ2n) is 9.71. The zero-order valence-electron chi connectivity index (χ0n) is 18.8. The van der Waals surface area contributed by atoms with Gasteiger partial charge in [-0.15, -0.1) is 5.10 Å². The van der Waals surface area contributed by atoms with Crippen LogP contribution < -0.4 is 11.1 Å². The predicted molar refractivity (Wildman–Crippen MR) is 112 cm³/mol. The second-order valence-corrected chi connectivity index (χ2v) is 15.3. The first-order valence-corrected chi connectivity index (χ1v) is 13.6. The molecule has 1 aromatic heterocycles. The van der Waals surface area contributed by atoms with Gasteiger partial charge in [0.05, 0.1) is 0 Å². The van der Waals surface area contributed by atoms with Gasteiger partial charge >= 0.3 is 11.8 Å². The number of ketones is 1. The fourth-order valence-electron chi connectivity index (χ4n) is 2.32. The zero-order valence-corrected chi connectivity index (χ0v) is 19.8. The number of hydrogen-bond donors (Lipinski definition) is 1. The summed E-state index contributed by atoms with van der Waals surface area (Å²) in [4.78, 5) is 36.9. The van der Waals surface area contributed by atoms with Crippen molar-refractivity contribution in [2.24, 2.45) is 5.92 Å². The Hall–Kier alpha value is -1.94. The molecule has 0 aromatic carbocycles. The van der Waals surface area contributed by atoms with Crippen LogP contribution in [0.25, 0.3) is 0 Å². The molecule has 0 radical (unpaired) electrons. The lowest BCUT2D eigenvalue weighted by atomic mass is 10.0. The Kier molecular flexibility index (Phi) is 8.82. The van der Waals surface area contributed by atoms with Crippen LogP contribution >= 0.6 is 0 Å². The van der Waals surface area contributed by atoms with Crippen LogP contribution in [0.5, 0.6) is 0 Å². The van der Waals surface area contributed by atoms with Crippen molar-refractivity contribution >= 4 is 20.0 Å². The number of aromatic nitrogens is 2. The molecule has 9 nitrogen and oxygen atoms in total. The monoisotopic (exact) mass is 429 g/mol. The molecule has 0 aliphatic carbocycles. The SMILES string of the molecule is CC(C)C[C@H](NC(=O)OC(C)(C)C)C(=O)c1nn(COCC[Si](C)(C)C)c(=O)o1. The maximum absolute atomic E-state index is 12.8. The Morgan fingerprint density at radius 2 is 1.86 bits per heavy atom. The number of carbonyl (C=O) groups excluding carboxylic acids is 2. The number of amides is 1. The number of nitrogens with one attached hydrogen (secondary N) is 1. The summed E-state index contributed by atoms with van der Waals surface area (Å²) >= 11 is 0. The summed E-state index contributed by atoms with van der Waals surface area (Å²) in [5, 5.41) is 6.49. The Bertz CT molecular complexity index is 742. The lowest BCUT2D eigenvalue weighted by molar-refractivity contribution is 0.0481. The highest BCUT2D eigenvalue weighted by atomic mass is 28.3. The van der Waals surface area contributed by atoms with E-state index in [1.807, 2.05) is 13.8 Å². The van der Waals surface area contributed by atoms with Crippen LogP contribution in [-0.4, -0.2) is 48.0 Å². The summed E-state index contributed by atoms with van der Waals surface area (Å²) in [6, 6.07) is 0.0333. The van der Waals surface area contributed by atoms with E-state index >= 15 is 0 Å². The second kappa shape index (κ2) is 10.2. The van der Waals surface area contributed by atoms with E-state index in [2.05, 4.69) is 30.1 Å². The molecular formula is C19H35N3O6Si. The van der Waals surface area contributed by atoms with Crippen LogP contribution in [0.15, 0.2) is 9.21 Å². The highest BCUT2D eigenvalue weighted by Gasteiger charge is 2.30. The molecule has 1 rings (SSSR count). The Balaban J connectivity index is 2.83. The van der Waals surface area contributed by atoms with Crippen LogP contribution in [0.2, 0.25) is 25.7 Å². The van der Waals surface area contributed by atoms with Crippen LogP contribution in [0.3, 0.4) is 0 Å². The minimum atomic E-state index is -1.25. The van der Waals surface area contributed by atoms with Gasteiger partial charge in [-0.05, 0) is 39.2 Å². The molecule has 0 aliphatic heterocycles. The van der Waals surface area contributed by atoms with E-state index in [1.54, 1.807) is 20.8 Å². The lowest BCUT2D eigenvalue weighted by Crippen LogP contribution is -2.44. The van der Waals surface area contributed by atoms with Crippen LogP contribution in [0.4, 0.5) is 4.79 Å². The van der Waals surface area contributed by atoms with Crippen molar-refractivity contribution in [3.05, 3.63) is 16.4 Å². The number of alkyl carbamates (subject to hydrolysis) is 1. The van der Waals surface area contributed by atoms with Crippen molar-refractivity contribution in [1.82, 2.24) is 15.1 Å². The average Bonchev–Trinajstić information content (AvgIpc) is 2.88. The molecule has 166 valence electrons. The van der Waals surface area contributed by atoms with Gasteiger partial charge in [-0.3, -0.25) is 4.79 Å². The van der Waals surface area contributed by atoms with Crippen molar-refractivity contribution < 1.29 is 23.5 Å². The topological polar surface area (TPSA) is 113 Å². The minimum Gasteiger partial charge on any atom is -0.444 e. The molecule has 0 bridgehead atoms. The highest BCUT2D eigenvalue weighted by molar-refractivity contribution is 6.76. The smallest absolute Gasteiger partial charge is 0.439 e. The summed E-state index contributed by atoms with van der Waals surface area (Å²) in [5.41, 5.74) is -0.698. The van der Waals surface area contributed by atoms with Crippen LogP contribution in [-0.2, 0) is 16.2 Å². The number of nitrogens with zero attached hydrogens (tertiary/aromatic N) is 2. The number of ether oxygens (including phenoxy) is 2. The third-order valence-corrected chi connectivity index (χ3v) is 5.45. The number of hydrogen-bond acceptors (Lipinski definition) is 7. The van der Waals surface area contributed by atoms with Gasteiger partial charge in [0, 0.05) is 14.7 Å². The minimum absolute atomic E-state index is 0.0889. The number of carbonyl (C=O) groups is 2. The number of rotatable bonds is 10. The van der Waals surface area contributed by atoms with Crippen molar-refractivity contribution in [2.75, 3.05) is 6.61 Å². The molecule has 1 heterocycles. The molecule has 1 aromatic rings. The molecule has 1 N–H and O–H groups in total. The molecule has 1 amide bonds. The summed E-state index contributed by atoms with van der Waals surface area (Å²) in [6.07, 6.45) is -0.366. The largest absolute Gasteiger partial charge is 0.444 e. The fourth-order valence-corrected chi connectivity index (χ4v) is 3.08. The maximum atomic E-state index is 12.8. The summed E-state index contributed by atoms with van der Waals surface area (Å²) in [7, 11) is -1.25. The normalized spacial score (nSPS) is 13.4. The Morgan fingerprint density at radius 1 is 1.24 bits per heavy atom. The quantitative estimate of drug-likeness (QED) is 0.345. The van der Waals surface area contributed by atoms with E-state index in [0.717, 1.165) is 10.7 Å². The molecule has 0 saturated heterocycles. The van der Waals surface area contributed by atoms with E-state index in [0.29, 0.717) is 13.0 Å². The fraction of sp³-hybridized carbons (Fsp3) is 0.789. The molecule has 1 atom stereocenters. The van der Waals surface area contributed by atoms with Gasteiger partial charge in [-0.2, -0.15) is 4.68 Å². The Labute approximate surface area is 173 Å². The van der Waals surface area contributed by atoms with Gasteiger partial charge in [0.25, 0.3) is 5.89 Å². The summed E-state index contributed by atoms with van der Waals surface area (Å²) in [6.45, 7) is 16.1. The van der Waals surface area contributed by atoms with Gasteiger partial charge in [0.1, 0.15) is 18.4 Å². The average molecular weight is 430 g/mol. The standard InChI is InChI=1S/C19H35N3O6Si/c1-13(2)11-14(20-17(24)28-19(3,4)5)15(23)16-21-22(18(25)27-16)12-26-9-10-29(6,7)8/h13-14H,9-12H2,1-8H3,(H,20,24)/t14-/m0/s1. The molecule has 0 saturated carbocycles. The molecule has 0 aliphatic rings.